The number of nitrogens with zero attached hydrogens (tertiary/aromatic N) is 2. The van der Waals surface area contributed by atoms with E-state index in [0.717, 1.165) is 5.56 Å². The van der Waals surface area contributed by atoms with E-state index in [4.69, 9.17) is 10.1 Å². The monoisotopic (exact) mass is 560 g/mol. The molecular formula is C26H33BrN4O5. The summed E-state index contributed by atoms with van der Waals surface area (Å²) in [5.74, 6) is 0.108. The van der Waals surface area contributed by atoms with Gasteiger partial charge in [-0.25, -0.2) is 0 Å². The van der Waals surface area contributed by atoms with Crippen molar-refractivity contribution in [2.24, 2.45) is 0 Å². The lowest BCUT2D eigenvalue weighted by molar-refractivity contribution is -0.128. The molecule has 2 aromatic rings. The minimum atomic E-state index is -0.307. The van der Waals surface area contributed by atoms with Gasteiger partial charge in [0.05, 0.1) is 18.7 Å². The maximum atomic E-state index is 13.2. The van der Waals surface area contributed by atoms with Crippen LogP contribution in [0.25, 0.3) is 0 Å². The number of amidine groups is 1. The minimum absolute atomic E-state index is 0. The molecule has 1 aliphatic heterocycles. The lowest BCUT2D eigenvalue weighted by Gasteiger charge is -2.18. The van der Waals surface area contributed by atoms with Gasteiger partial charge in [0.25, 0.3) is 5.91 Å². The van der Waals surface area contributed by atoms with Crippen LogP contribution in [0.3, 0.4) is 0 Å². The first-order valence-corrected chi connectivity index (χ1v) is 11.5. The molecule has 0 aliphatic carbocycles. The number of carbonyl (C=O) groups is 3. The molecule has 0 unspecified atom stereocenters. The Bertz CT molecular complexity index is 1200. The van der Waals surface area contributed by atoms with Crippen molar-refractivity contribution in [2.75, 3.05) is 34.3 Å². The van der Waals surface area contributed by atoms with Crippen molar-refractivity contribution in [3.63, 3.8) is 0 Å². The number of halogens is 1. The van der Waals surface area contributed by atoms with Crippen molar-refractivity contribution >= 4 is 40.4 Å². The van der Waals surface area contributed by atoms with E-state index in [1.807, 2.05) is 6.92 Å². The van der Waals surface area contributed by atoms with Crippen LogP contribution in [0, 0.1) is 12.3 Å². The number of hydrogen-bond donors (Lipinski definition) is 3. The van der Waals surface area contributed by atoms with Crippen molar-refractivity contribution in [3.8, 4) is 11.5 Å². The summed E-state index contributed by atoms with van der Waals surface area (Å²) in [4.78, 5) is 40.6. The lowest BCUT2D eigenvalue weighted by Crippen LogP contribution is -2.30. The number of aryl methyl sites for hydroxylation is 2. The Hall–Kier alpha value is -3.40. The van der Waals surface area contributed by atoms with Crippen LogP contribution in [0.15, 0.2) is 24.3 Å². The van der Waals surface area contributed by atoms with Gasteiger partial charge >= 0.3 is 0 Å². The molecule has 10 heteroatoms. The predicted octanol–water partition coefficient (Wildman–Crippen LogP) is 3.08. The maximum absolute atomic E-state index is 13.2. The molecule has 36 heavy (non-hydrogen) atoms. The second kappa shape index (κ2) is 12.0. The molecule has 2 amide bonds. The average molecular weight is 561 g/mol. The molecule has 0 spiro atoms. The van der Waals surface area contributed by atoms with Gasteiger partial charge in [-0.15, -0.1) is 17.0 Å². The summed E-state index contributed by atoms with van der Waals surface area (Å²) in [6.45, 7) is 4.25. The van der Waals surface area contributed by atoms with E-state index in [-0.39, 0.29) is 59.1 Å². The Morgan fingerprint density at radius 2 is 1.89 bits per heavy atom. The zero-order valence-electron chi connectivity index (χ0n) is 21.2. The SMILES string of the molecule is Br.CCOc1cc2c(cc1C(=O)NC)C(=N)N(CC(=O)c1cc(C)c(O)c(CCC(=O)N(C)C)c1)C2. The Morgan fingerprint density at radius 1 is 1.19 bits per heavy atom. The molecule has 9 nitrogen and oxygen atoms in total. The topological polar surface area (TPSA) is 123 Å². The van der Waals surface area contributed by atoms with Crippen molar-refractivity contribution in [3.05, 3.63) is 57.6 Å². The maximum Gasteiger partial charge on any atom is 0.254 e. The van der Waals surface area contributed by atoms with Crippen LogP contribution in [-0.4, -0.2) is 72.6 Å². The van der Waals surface area contributed by atoms with E-state index in [0.29, 0.717) is 53.1 Å². The van der Waals surface area contributed by atoms with Crippen LogP contribution >= 0.6 is 17.0 Å². The number of phenolic OH excluding ortho intramolecular Hbond substituents is 1. The van der Waals surface area contributed by atoms with Gasteiger partial charge in [0.2, 0.25) is 5.91 Å². The highest BCUT2D eigenvalue weighted by Gasteiger charge is 2.29. The molecule has 0 radical (unpaired) electrons. The van der Waals surface area contributed by atoms with Crippen LogP contribution < -0.4 is 10.1 Å². The molecule has 194 valence electrons. The van der Waals surface area contributed by atoms with Gasteiger partial charge in [-0.3, -0.25) is 19.8 Å². The second-order valence-electron chi connectivity index (χ2n) is 8.73. The largest absolute Gasteiger partial charge is 0.507 e. The number of fused-ring (bicyclic) bond motifs is 1. The molecule has 0 saturated heterocycles. The van der Waals surface area contributed by atoms with Crippen LogP contribution in [0.2, 0.25) is 0 Å². The predicted molar refractivity (Wildman–Crippen MR) is 143 cm³/mol. The first kappa shape index (κ1) is 28.8. The number of benzene rings is 2. The average Bonchev–Trinajstić information content (AvgIpc) is 3.12. The number of ether oxygens (including phenoxy) is 1. The molecule has 3 rings (SSSR count). The Kier molecular flexibility index (Phi) is 9.63. The minimum Gasteiger partial charge on any atom is -0.507 e. The summed E-state index contributed by atoms with van der Waals surface area (Å²) in [5, 5.41) is 21.6. The fourth-order valence-electron chi connectivity index (χ4n) is 4.08. The van der Waals surface area contributed by atoms with E-state index >= 15 is 0 Å². The zero-order valence-corrected chi connectivity index (χ0v) is 22.9. The molecule has 1 heterocycles. The van der Waals surface area contributed by atoms with Gasteiger partial charge < -0.3 is 25.0 Å². The van der Waals surface area contributed by atoms with Crippen molar-refractivity contribution in [1.29, 1.82) is 5.41 Å². The highest BCUT2D eigenvalue weighted by Crippen LogP contribution is 2.31. The third-order valence-electron chi connectivity index (χ3n) is 6.05. The van der Waals surface area contributed by atoms with Gasteiger partial charge in [-0.05, 0) is 61.2 Å². The summed E-state index contributed by atoms with van der Waals surface area (Å²) in [6.07, 6.45) is 0.539. The van der Waals surface area contributed by atoms with Gasteiger partial charge in [0.1, 0.15) is 17.3 Å². The van der Waals surface area contributed by atoms with Crippen molar-refractivity contribution < 1.29 is 24.2 Å². The molecule has 0 bridgehead atoms. The molecule has 3 N–H and O–H groups in total. The standard InChI is InChI=1S/C26H32N4O5.BrH/c1-6-35-22-11-18-13-30(25(27)19(18)12-20(22)26(34)28-3)14-21(31)17-9-15(2)24(33)16(10-17)7-8-23(32)29(4)5;/h9-12,27,33H,6-8,13-14H2,1-5H3,(H,28,34);1H. The number of hydrogen-bond acceptors (Lipinski definition) is 6. The molecule has 0 fully saturated rings. The number of ketones is 1. The normalized spacial score (nSPS) is 12.0. The number of carbonyl (C=O) groups excluding carboxylic acids is 3. The quantitative estimate of drug-likeness (QED) is 0.405. The first-order chi connectivity index (χ1) is 16.6. The third-order valence-corrected chi connectivity index (χ3v) is 6.05. The van der Waals surface area contributed by atoms with E-state index in [2.05, 4.69) is 5.32 Å². The highest BCUT2D eigenvalue weighted by atomic mass is 79.9. The summed E-state index contributed by atoms with van der Waals surface area (Å²) >= 11 is 0. The molecule has 1 aliphatic rings. The number of rotatable bonds is 9. The Labute approximate surface area is 221 Å². The Balaban J connectivity index is 0.00000456. The zero-order chi connectivity index (χ0) is 25.9. The number of amides is 2. The lowest BCUT2D eigenvalue weighted by atomic mass is 9.98. The summed E-state index contributed by atoms with van der Waals surface area (Å²) in [5.41, 5.74) is 3.25. The highest BCUT2D eigenvalue weighted by molar-refractivity contribution is 8.93. The van der Waals surface area contributed by atoms with Crippen LogP contribution in [0.4, 0.5) is 0 Å². The van der Waals surface area contributed by atoms with E-state index in [1.165, 1.54) is 11.9 Å². The molecule has 2 aromatic carbocycles. The van der Waals surface area contributed by atoms with Crippen molar-refractivity contribution in [1.82, 2.24) is 15.1 Å². The molecular weight excluding hydrogens is 528 g/mol. The van der Waals surface area contributed by atoms with E-state index in [9.17, 15) is 19.5 Å². The van der Waals surface area contributed by atoms with Gasteiger partial charge in [-0.1, -0.05) is 0 Å². The summed E-state index contributed by atoms with van der Waals surface area (Å²) < 4.78 is 5.63. The van der Waals surface area contributed by atoms with Crippen LogP contribution in [-0.2, 0) is 17.8 Å². The summed E-state index contributed by atoms with van der Waals surface area (Å²) in [6, 6.07) is 6.64. The van der Waals surface area contributed by atoms with Crippen LogP contribution in [0.5, 0.6) is 11.5 Å². The third kappa shape index (κ3) is 6.04. The Morgan fingerprint density at radius 3 is 2.50 bits per heavy atom. The van der Waals surface area contributed by atoms with Gasteiger partial charge in [0, 0.05) is 45.2 Å². The van der Waals surface area contributed by atoms with E-state index in [1.54, 1.807) is 50.2 Å². The van der Waals surface area contributed by atoms with Crippen molar-refractivity contribution in [2.45, 2.75) is 33.2 Å². The number of phenols is 1. The van der Waals surface area contributed by atoms with E-state index < -0.39 is 0 Å². The fraction of sp³-hybridized carbons (Fsp3) is 0.385. The first-order valence-electron chi connectivity index (χ1n) is 11.5. The van der Waals surface area contributed by atoms with Gasteiger partial charge in [0.15, 0.2) is 5.78 Å². The molecule has 0 aromatic heterocycles. The fourth-order valence-corrected chi connectivity index (χ4v) is 4.08. The smallest absolute Gasteiger partial charge is 0.254 e. The number of nitrogens with one attached hydrogen (secondary N) is 2. The number of aromatic hydroxyl groups is 1. The second-order valence-corrected chi connectivity index (χ2v) is 8.73. The summed E-state index contributed by atoms with van der Waals surface area (Å²) in [7, 11) is 4.88. The van der Waals surface area contributed by atoms with Crippen LogP contribution in [0.1, 0.15) is 56.3 Å². The molecule has 0 atom stereocenters. The molecule has 0 saturated carbocycles. The van der Waals surface area contributed by atoms with Gasteiger partial charge in [-0.2, -0.15) is 0 Å². The number of Topliss-reactive ketones (excluding diaryl/α,β-unsaturated/α-hetero) is 1.